The zero-order valence-corrected chi connectivity index (χ0v) is 9.99. The van der Waals surface area contributed by atoms with E-state index in [1.54, 1.807) is 18.2 Å². The molecule has 1 atom stereocenters. The Morgan fingerprint density at radius 3 is 2.67 bits per heavy atom. The number of hydrogen-bond acceptors (Lipinski definition) is 2. The van der Waals surface area contributed by atoms with Gasteiger partial charge in [-0.25, -0.2) is 0 Å². The Kier molecular flexibility index (Phi) is 4.15. The van der Waals surface area contributed by atoms with Crippen LogP contribution < -0.4 is 0 Å². The summed E-state index contributed by atoms with van der Waals surface area (Å²) in [5.74, 6) is -0.643. The second-order valence-electron chi connectivity index (χ2n) is 3.41. The van der Waals surface area contributed by atoms with Gasteiger partial charge >= 0.3 is 5.97 Å². The molecule has 82 valence electrons. The van der Waals surface area contributed by atoms with Crippen molar-refractivity contribution < 1.29 is 15.0 Å². The highest BCUT2D eigenvalue weighted by Crippen LogP contribution is 2.32. The van der Waals surface area contributed by atoms with Gasteiger partial charge in [-0.05, 0) is 30.0 Å². The Bertz CT molecular complexity index is 363. The summed E-state index contributed by atoms with van der Waals surface area (Å²) >= 11 is 3.33. The molecule has 3 nitrogen and oxygen atoms in total. The van der Waals surface area contributed by atoms with E-state index in [1.807, 2.05) is 6.92 Å². The normalized spacial score (nSPS) is 12.4. The van der Waals surface area contributed by atoms with Crippen LogP contribution in [0.15, 0.2) is 22.7 Å². The molecular weight excluding hydrogens is 260 g/mol. The van der Waals surface area contributed by atoms with Crippen molar-refractivity contribution >= 4 is 21.9 Å². The third-order valence-corrected chi connectivity index (χ3v) is 3.02. The van der Waals surface area contributed by atoms with Gasteiger partial charge in [0.2, 0.25) is 0 Å². The van der Waals surface area contributed by atoms with Gasteiger partial charge in [-0.1, -0.05) is 28.9 Å². The summed E-state index contributed by atoms with van der Waals surface area (Å²) in [6, 6.07) is 4.92. The highest BCUT2D eigenvalue weighted by molar-refractivity contribution is 9.10. The summed E-state index contributed by atoms with van der Waals surface area (Å²) < 4.78 is 0.760. The smallest absolute Gasteiger partial charge is 0.303 e. The summed E-state index contributed by atoms with van der Waals surface area (Å²) in [5.41, 5.74) is 0.928. The van der Waals surface area contributed by atoms with Gasteiger partial charge in [0, 0.05) is 4.47 Å². The third-order valence-electron chi connectivity index (χ3n) is 2.34. The molecule has 0 aliphatic heterocycles. The zero-order valence-electron chi connectivity index (χ0n) is 8.40. The minimum Gasteiger partial charge on any atom is -0.508 e. The predicted octanol–water partition coefficient (Wildman–Crippen LogP) is 3.12. The minimum absolute atomic E-state index is 0.0162. The van der Waals surface area contributed by atoms with Crippen molar-refractivity contribution in [3.63, 3.8) is 0 Å². The van der Waals surface area contributed by atoms with E-state index in [0.29, 0.717) is 0 Å². The summed E-state index contributed by atoms with van der Waals surface area (Å²) in [4.78, 5) is 10.7. The fraction of sp³-hybridized carbons (Fsp3) is 0.364. The Labute approximate surface area is 96.9 Å². The number of aliphatic carboxylic acids is 1. The van der Waals surface area contributed by atoms with E-state index in [-0.39, 0.29) is 18.1 Å². The maximum atomic E-state index is 10.7. The Morgan fingerprint density at radius 1 is 1.53 bits per heavy atom. The molecule has 0 amide bonds. The number of phenolic OH excluding ortho intramolecular Hbond substituents is 1. The van der Waals surface area contributed by atoms with Crippen LogP contribution in [0.25, 0.3) is 0 Å². The SMILES string of the molecule is CCC(CC(=O)O)c1ccc(O)cc1Br. The average Bonchev–Trinajstić information content (AvgIpc) is 2.14. The first-order valence-corrected chi connectivity index (χ1v) is 5.54. The molecule has 0 radical (unpaired) electrons. The average molecular weight is 273 g/mol. The fourth-order valence-corrected chi connectivity index (χ4v) is 2.22. The molecule has 0 heterocycles. The molecule has 0 aliphatic rings. The monoisotopic (exact) mass is 272 g/mol. The summed E-state index contributed by atoms with van der Waals surface area (Å²) in [7, 11) is 0. The number of halogens is 1. The second kappa shape index (κ2) is 5.16. The van der Waals surface area contributed by atoms with Gasteiger partial charge in [0.15, 0.2) is 0 Å². The van der Waals surface area contributed by atoms with E-state index in [9.17, 15) is 9.90 Å². The topological polar surface area (TPSA) is 57.5 Å². The highest BCUT2D eigenvalue weighted by Gasteiger charge is 2.16. The molecule has 1 unspecified atom stereocenters. The third kappa shape index (κ3) is 3.23. The van der Waals surface area contributed by atoms with E-state index in [2.05, 4.69) is 15.9 Å². The molecule has 4 heteroatoms. The quantitative estimate of drug-likeness (QED) is 0.886. The van der Waals surface area contributed by atoms with Gasteiger partial charge in [-0.15, -0.1) is 0 Å². The summed E-state index contributed by atoms with van der Waals surface area (Å²) in [6.07, 6.45) is 0.871. The fourth-order valence-electron chi connectivity index (χ4n) is 1.53. The number of carboxylic acid groups (broad SMARTS) is 1. The van der Waals surface area contributed by atoms with E-state index in [1.165, 1.54) is 0 Å². The molecule has 15 heavy (non-hydrogen) atoms. The second-order valence-corrected chi connectivity index (χ2v) is 4.26. The van der Waals surface area contributed by atoms with Gasteiger partial charge < -0.3 is 10.2 Å². The first kappa shape index (κ1) is 12.0. The first-order valence-electron chi connectivity index (χ1n) is 4.74. The maximum absolute atomic E-state index is 10.7. The Morgan fingerprint density at radius 2 is 2.20 bits per heavy atom. The zero-order chi connectivity index (χ0) is 11.4. The molecule has 2 N–H and O–H groups in total. The minimum atomic E-state index is -0.804. The van der Waals surface area contributed by atoms with Gasteiger partial charge in [0.25, 0.3) is 0 Å². The molecule has 1 aromatic rings. The molecule has 0 fully saturated rings. The van der Waals surface area contributed by atoms with Crippen LogP contribution in [0.1, 0.15) is 31.2 Å². The number of carboxylic acids is 1. The highest BCUT2D eigenvalue weighted by atomic mass is 79.9. The van der Waals surface area contributed by atoms with Crippen LogP contribution in [-0.4, -0.2) is 16.2 Å². The molecule has 1 rings (SSSR count). The lowest BCUT2D eigenvalue weighted by Crippen LogP contribution is -2.05. The number of aromatic hydroxyl groups is 1. The van der Waals surface area contributed by atoms with Crippen molar-refractivity contribution in [3.8, 4) is 5.75 Å². The molecular formula is C11H13BrO3. The molecule has 0 spiro atoms. The van der Waals surface area contributed by atoms with E-state index >= 15 is 0 Å². The number of benzene rings is 1. The van der Waals surface area contributed by atoms with Gasteiger partial charge in [0.05, 0.1) is 6.42 Å². The molecule has 1 aromatic carbocycles. The van der Waals surface area contributed by atoms with E-state index in [4.69, 9.17) is 5.11 Å². The van der Waals surface area contributed by atoms with Crippen molar-refractivity contribution in [1.82, 2.24) is 0 Å². The van der Waals surface area contributed by atoms with Crippen LogP contribution in [0.4, 0.5) is 0 Å². The predicted molar refractivity (Wildman–Crippen MR) is 61.1 cm³/mol. The molecule has 0 bridgehead atoms. The van der Waals surface area contributed by atoms with E-state index < -0.39 is 5.97 Å². The van der Waals surface area contributed by atoms with Crippen LogP contribution in [0.2, 0.25) is 0 Å². The van der Waals surface area contributed by atoms with Gasteiger partial charge in [-0.3, -0.25) is 4.79 Å². The summed E-state index contributed by atoms with van der Waals surface area (Å²) in [5, 5.41) is 18.0. The molecule has 0 saturated carbocycles. The van der Waals surface area contributed by atoms with Crippen LogP contribution in [0, 0.1) is 0 Å². The lowest BCUT2D eigenvalue weighted by Gasteiger charge is -2.14. The van der Waals surface area contributed by atoms with Gasteiger partial charge in [0.1, 0.15) is 5.75 Å². The molecule has 0 saturated heterocycles. The van der Waals surface area contributed by atoms with Crippen LogP contribution in [0.3, 0.4) is 0 Å². The lowest BCUT2D eigenvalue weighted by atomic mass is 9.93. The Balaban J connectivity index is 2.96. The first-order chi connectivity index (χ1) is 7.04. The maximum Gasteiger partial charge on any atom is 0.303 e. The Hall–Kier alpha value is -1.03. The van der Waals surface area contributed by atoms with Crippen LogP contribution in [-0.2, 0) is 4.79 Å². The van der Waals surface area contributed by atoms with Crippen molar-refractivity contribution in [2.45, 2.75) is 25.7 Å². The number of carbonyl (C=O) groups is 1. The number of phenols is 1. The molecule has 0 aliphatic carbocycles. The van der Waals surface area contributed by atoms with Crippen molar-refractivity contribution in [1.29, 1.82) is 0 Å². The van der Waals surface area contributed by atoms with Crippen molar-refractivity contribution in [3.05, 3.63) is 28.2 Å². The standard InChI is InChI=1S/C11H13BrO3/c1-2-7(5-11(14)15)9-4-3-8(13)6-10(9)12/h3-4,6-7,13H,2,5H2,1H3,(H,14,15). The molecule has 0 aromatic heterocycles. The van der Waals surface area contributed by atoms with Crippen LogP contribution >= 0.6 is 15.9 Å². The van der Waals surface area contributed by atoms with Crippen molar-refractivity contribution in [2.24, 2.45) is 0 Å². The number of rotatable bonds is 4. The van der Waals surface area contributed by atoms with Crippen molar-refractivity contribution in [2.75, 3.05) is 0 Å². The summed E-state index contributed by atoms with van der Waals surface area (Å²) in [6.45, 7) is 1.95. The lowest BCUT2D eigenvalue weighted by molar-refractivity contribution is -0.137. The van der Waals surface area contributed by atoms with Gasteiger partial charge in [-0.2, -0.15) is 0 Å². The van der Waals surface area contributed by atoms with Crippen LogP contribution in [0.5, 0.6) is 5.75 Å². The number of hydrogen-bond donors (Lipinski definition) is 2. The largest absolute Gasteiger partial charge is 0.508 e. The van der Waals surface area contributed by atoms with E-state index in [0.717, 1.165) is 16.5 Å².